The number of rotatable bonds is 6. The van der Waals surface area contributed by atoms with E-state index < -0.39 is 0 Å². The number of aliphatic hydroxyl groups is 2. The van der Waals surface area contributed by atoms with Crippen LogP contribution in [0.25, 0.3) is 0 Å². The highest BCUT2D eigenvalue weighted by Gasteiger charge is 2.27. The molecule has 0 spiro atoms. The van der Waals surface area contributed by atoms with E-state index in [1.54, 1.807) is 0 Å². The normalized spacial score (nSPS) is 28.5. The van der Waals surface area contributed by atoms with Gasteiger partial charge in [0.05, 0.1) is 13.2 Å². The Hall–Kier alpha value is -0.200. The van der Waals surface area contributed by atoms with Crippen LogP contribution in [0.5, 0.6) is 0 Å². The zero-order valence-electron chi connectivity index (χ0n) is 10.3. The third-order valence-electron chi connectivity index (χ3n) is 3.25. The molecule has 0 aliphatic carbocycles. The smallest absolute Gasteiger partial charge is 0.143 e. The number of nitrogens with zero attached hydrogens (tertiary/aromatic N) is 2. The molecule has 2 unspecified atom stereocenters. The van der Waals surface area contributed by atoms with Crippen molar-refractivity contribution in [1.29, 1.82) is 0 Å². The van der Waals surface area contributed by atoms with Gasteiger partial charge in [-0.1, -0.05) is 0 Å². The summed E-state index contributed by atoms with van der Waals surface area (Å²) in [6.07, 6.45) is 0. The number of piperazine rings is 1. The molecule has 1 saturated heterocycles. The van der Waals surface area contributed by atoms with E-state index in [1.165, 1.54) is 0 Å². The van der Waals surface area contributed by atoms with Crippen LogP contribution in [0.2, 0.25) is 0 Å². The summed E-state index contributed by atoms with van der Waals surface area (Å²) in [6, 6.07) is 0.947. The van der Waals surface area contributed by atoms with Gasteiger partial charge in [-0.25, -0.2) is 0 Å². The summed E-state index contributed by atoms with van der Waals surface area (Å²) in [6.45, 7) is 8.58. The first-order valence-corrected chi connectivity index (χ1v) is 5.96. The van der Waals surface area contributed by atoms with Gasteiger partial charge in [-0.15, -0.1) is 0 Å². The third kappa shape index (κ3) is 3.99. The minimum atomic E-state index is -0.200. The molecule has 0 bridgehead atoms. The number of hydrogen-bond acceptors (Lipinski definition) is 5. The highest BCUT2D eigenvalue weighted by Crippen LogP contribution is 2.14. The van der Waals surface area contributed by atoms with Crippen molar-refractivity contribution < 1.29 is 14.9 Å². The Balaban J connectivity index is 2.34. The molecule has 0 amide bonds. The molecular formula is C11H24N2O3. The lowest BCUT2D eigenvalue weighted by atomic mass is 10.1. The molecule has 0 aromatic carbocycles. The highest BCUT2D eigenvalue weighted by atomic mass is 16.6. The maximum atomic E-state index is 8.96. The Bertz CT molecular complexity index is 192. The predicted octanol–water partition coefficient (Wildman–Crippen LogP) is -0.660. The van der Waals surface area contributed by atoms with Crippen molar-refractivity contribution in [3.63, 3.8) is 0 Å². The van der Waals surface area contributed by atoms with E-state index in [2.05, 4.69) is 23.6 Å². The van der Waals surface area contributed by atoms with Crippen molar-refractivity contribution in [2.75, 3.05) is 46.2 Å². The van der Waals surface area contributed by atoms with Crippen molar-refractivity contribution in [2.24, 2.45) is 0 Å². The fraction of sp³-hybridized carbons (Fsp3) is 1.00. The first-order chi connectivity index (χ1) is 7.69. The number of ether oxygens (including phenoxy) is 1. The van der Waals surface area contributed by atoms with Crippen molar-refractivity contribution in [2.45, 2.75) is 25.9 Å². The van der Waals surface area contributed by atoms with Gasteiger partial charge < -0.3 is 14.9 Å². The molecule has 2 N–H and O–H groups in total. The van der Waals surface area contributed by atoms with E-state index in [-0.39, 0.29) is 13.4 Å². The fourth-order valence-corrected chi connectivity index (χ4v) is 2.27. The van der Waals surface area contributed by atoms with E-state index in [0.717, 1.165) is 26.2 Å². The molecule has 0 aromatic rings. The molecule has 0 aromatic heterocycles. The lowest BCUT2D eigenvalue weighted by Crippen LogP contribution is -2.57. The van der Waals surface area contributed by atoms with Crippen molar-refractivity contribution in [3.05, 3.63) is 0 Å². The van der Waals surface area contributed by atoms with Crippen molar-refractivity contribution >= 4 is 0 Å². The SMILES string of the molecule is CC1CN(CCOCO)C(C)CN1CCO. The van der Waals surface area contributed by atoms with E-state index in [1.807, 2.05) is 0 Å². The molecule has 1 aliphatic rings. The molecule has 1 aliphatic heterocycles. The van der Waals surface area contributed by atoms with Crippen molar-refractivity contribution in [1.82, 2.24) is 9.80 Å². The van der Waals surface area contributed by atoms with E-state index >= 15 is 0 Å². The van der Waals surface area contributed by atoms with Gasteiger partial charge in [-0.3, -0.25) is 9.80 Å². The number of aliphatic hydroxyl groups excluding tert-OH is 2. The molecule has 1 heterocycles. The molecule has 96 valence electrons. The van der Waals surface area contributed by atoms with Crippen LogP contribution in [0.15, 0.2) is 0 Å². The third-order valence-corrected chi connectivity index (χ3v) is 3.25. The average molecular weight is 232 g/mol. The fourth-order valence-electron chi connectivity index (χ4n) is 2.27. The van der Waals surface area contributed by atoms with Gasteiger partial charge in [0, 0.05) is 38.3 Å². The molecule has 2 atom stereocenters. The summed E-state index contributed by atoms with van der Waals surface area (Å²) in [4.78, 5) is 4.68. The summed E-state index contributed by atoms with van der Waals surface area (Å²) in [7, 11) is 0. The Morgan fingerprint density at radius 2 is 1.62 bits per heavy atom. The zero-order valence-corrected chi connectivity index (χ0v) is 10.3. The molecule has 5 heteroatoms. The summed E-state index contributed by atoms with van der Waals surface area (Å²) >= 11 is 0. The second-order valence-electron chi connectivity index (χ2n) is 4.45. The predicted molar refractivity (Wildman–Crippen MR) is 62.2 cm³/mol. The summed E-state index contributed by atoms with van der Waals surface area (Å²) in [5.41, 5.74) is 0. The van der Waals surface area contributed by atoms with Gasteiger partial charge in [0.1, 0.15) is 6.79 Å². The molecule has 0 radical (unpaired) electrons. The van der Waals surface area contributed by atoms with Crippen LogP contribution < -0.4 is 0 Å². The summed E-state index contributed by atoms with van der Waals surface area (Å²) < 4.78 is 4.95. The van der Waals surface area contributed by atoms with Gasteiger partial charge >= 0.3 is 0 Å². The van der Waals surface area contributed by atoms with E-state index in [0.29, 0.717) is 18.7 Å². The summed E-state index contributed by atoms with van der Waals surface area (Å²) in [5, 5.41) is 17.5. The molecule has 1 rings (SSSR count). The minimum Gasteiger partial charge on any atom is -0.395 e. The van der Waals surface area contributed by atoms with Gasteiger partial charge in [0.2, 0.25) is 0 Å². The summed E-state index contributed by atoms with van der Waals surface area (Å²) in [5.74, 6) is 0. The standard InChI is InChI=1S/C11H24N2O3/c1-10-8-13(4-6-16-9-15)11(2)7-12(10)3-5-14/h10-11,14-15H,3-9H2,1-2H3. The van der Waals surface area contributed by atoms with E-state index in [9.17, 15) is 0 Å². The topological polar surface area (TPSA) is 56.2 Å². The number of hydrogen-bond donors (Lipinski definition) is 2. The van der Waals surface area contributed by atoms with Crippen LogP contribution in [0.1, 0.15) is 13.8 Å². The van der Waals surface area contributed by atoms with Crippen LogP contribution in [0.4, 0.5) is 0 Å². The lowest BCUT2D eigenvalue weighted by molar-refractivity contribution is -0.0289. The Kier molecular flexibility index (Phi) is 6.23. The second-order valence-corrected chi connectivity index (χ2v) is 4.45. The minimum absolute atomic E-state index is 0.200. The average Bonchev–Trinajstić information content (AvgIpc) is 2.25. The molecule has 0 saturated carbocycles. The van der Waals surface area contributed by atoms with E-state index in [4.69, 9.17) is 14.9 Å². The Morgan fingerprint density at radius 1 is 1.06 bits per heavy atom. The van der Waals surface area contributed by atoms with Crippen LogP contribution in [-0.4, -0.2) is 78.3 Å². The Labute approximate surface area is 97.6 Å². The monoisotopic (exact) mass is 232 g/mol. The number of β-amino-alcohol motifs (C(OH)–C–C–N with tert-alkyl or cyclic N) is 1. The highest BCUT2D eigenvalue weighted by molar-refractivity contribution is 4.84. The quantitative estimate of drug-likeness (QED) is 0.470. The largest absolute Gasteiger partial charge is 0.395 e. The van der Waals surface area contributed by atoms with Crippen LogP contribution in [0, 0.1) is 0 Å². The molecule has 5 nitrogen and oxygen atoms in total. The maximum Gasteiger partial charge on any atom is 0.143 e. The lowest BCUT2D eigenvalue weighted by Gasteiger charge is -2.43. The Morgan fingerprint density at radius 3 is 2.12 bits per heavy atom. The van der Waals surface area contributed by atoms with Gasteiger partial charge in [-0.05, 0) is 13.8 Å². The molecular weight excluding hydrogens is 208 g/mol. The van der Waals surface area contributed by atoms with Crippen LogP contribution >= 0.6 is 0 Å². The van der Waals surface area contributed by atoms with Crippen LogP contribution in [0.3, 0.4) is 0 Å². The van der Waals surface area contributed by atoms with Crippen molar-refractivity contribution in [3.8, 4) is 0 Å². The van der Waals surface area contributed by atoms with Gasteiger partial charge in [-0.2, -0.15) is 0 Å². The molecule has 1 fully saturated rings. The van der Waals surface area contributed by atoms with Gasteiger partial charge in [0.25, 0.3) is 0 Å². The first kappa shape index (κ1) is 13.9. The maximum absolute atomic E-state index is 8.96. The molecule has 16 heavy (non-hydrogen) atoms. The second kappa shape index (κ2) is 7.19. The van der Waals surface area contributed by atoms with Crippen LogP contribution in [-0.2, 0) is 4.74 Å². The van der Waals surface area contributed by atoms with Gasteiger partial charge in [0.15, 0.2) is 0 Å². The first-order valence-electron chi connectivity index (χ1n) is 5.96. The zero-order chi connectivity index (χ0) is 12.0.